The first-order chi connectivity index (χ1) is 7.54. The molecule has 3 N–H and O–H groups in total. The van der Waals surface area contributed by atoms with Gasteiger partial charge in [-0.05, 0) is 32.4 Å². The highest BCUT2D eigenvalue weighted by Gasteiger charge is 2.10. The highest BCUT2D eigenvalue weighted by molar-refractivity contribution is 5.76. The highest BCUT2D eigenvalue weighted by atomic mass is 16.2. The Bertz CT molecular complexity index is 344. The standard InChI is InChI=1S/C12H21N3O/c1-4-9(2)14-12(16)8-15-7-5-6-11(15)10(3)13/h5-7,9-10H,4,8,13H2,1-3H3,(H,14,16). The lowest BCUT2D eigenvalue weighted by molar-refractivity contribution is -0.122. The first-order valence-electron chi connectivity index (χ1n) is 5.74. The molecular formula is C12H21N3O. The van der Waals surface area contributed by atoms with Crippen molar-refractivity contribution in [3.05, 3.63) is 24.0 Å². The molecule has 1 rings (SSSR count). The van der Waals surface area contributed by atoms with Gasteiger partial charge in [-0.1, -0.05) is 6.92 Å². The fraction of sp³-hybridized carbons (Fsp3) is 0.583. The van der Waals surface area contributed by atoms with Crippen LogP contribution in [-0.2, 0) is 11.3 Å². The van der Waals surface area contributed by atoms with Crippen molar-refractivity contribution in [3.63, 3.8) is 0 Å². The zero-order valence-corrected chi connectivity index (χ0v) is 10.2. The van der Waals surface area contributed by atoms with Gasteiger partial charge in [0.05, 0.1) is 0 Å². The smallest absolute Gasteiger partial charge is 0.240 e. The van der Waals surface area contributed by atoms with E-state index < -0.39 is 0 Å². The van der Waals surface area contributed by atoms with E-state index in [0.717, 1.165) is 12.1 Å². The van der Waals surface area contributed by atoms with Gasteiger partial charge in [0.2, 0.25) is 5.91 Å². The monoisotopic (exact) mass is 223 g/mol. The fourth-order valence-corrected chi connectivity index (χ4v) is 1.56. The number of nitrogens with zero attached hydrogens (tertiary/aromatic N) is 1. The molecule has 4 nitrogen and oxygen atoms in total. The molecule has 1 aromatic heterocycles. The van der Waals surface area contributed by atoms with Crippen molar-refractivity contribution in [1.29, 1.82) is 0 Å². The third-order valence-electron chi connectivity index (χ3n) is 2.66. The minimum absolute atomic E-state index is 0.0347. The molecule has 1 heterocycles. The number of nitrogens with one attached hydrogen (secondary N) is 1. The SMILES string of the molecule is CCC(C)NC(=O)Cn1cccc1C(C)N. The van der Waals surface area contributed by atoms with Crippen LogP contribution in [0.5, 0.6) is 0 Å². The Morgan fingerprint density at radius 2 is 2.25 bits per heavy atom. The number of carbonyl (C=O) groups excluding carboxylic acids is 1. The number of rotatable bonds is 5. The normalized spacial score (nSPS) is 14.5. The number of amides is 1. The molecule has 0 saturated heterocycles. The molecule has 0 radical (unpaired) electrons. The van der Waals surface area contributed by atoms with Crippen LogP contribution in [0.25, 0.3) is 0 Å². The Kier molecular flexibility index (Phi) is 4.55. The maximum Gasteiger partial charge on any atom is 0.240 e. The second kappa shape index (κ2) is 5.70. The van der Waals surface area contributed by atoms with E-state index in [1.807, 2.05) is 43.7 Å². The van der Waals surface area contributed by atoms with Crippen LogP contribution in [0.15, 0.2) is 18.3 Å². The zero-order valence-electron chi connectivity index (χ0n) is 10.2. The highest BCUT2D eigenvalue weighted by Crippen LogP contribution is 2.10. The summed E-state index contributed by atoms with van der Waals surface area (Å²) >= 11 is 0. The van der Waals surface area contributed by atoms with E-state index in [2.05, 4.69) is 5.32 Å². The molecule has 1 aromatic rings. The summed E-state index contributed by atoms with van der Waals surface area (Å²) in [6, 6.07) is 4.03. The van der Waals surface area contributed by atoms with E-state index in [-0.39, 0.29) is 18.0 Å². The quantitative estimate of drug-likeness (QED) is 0.793. The van der Waals surface area contributed by atoms with E-state index in [1.165, 1.54) is 0 Å². The van der Waals surface area contributed by atoms with Gasteiger partial charge in [0.1, 0.15) is 6.54 Å². The van der Waals surface area contributed by atoms with Crippen LogP contribution in [0.1, 0.15) is 38.9 Å². The topological polar surface area (TPSA) is 60.0 Å². The van der Waals surface area contributed by atoms with Crippen molar-refractivity contribution in [3.8, 4) is 0 Å². The Balaban J connectivity index is 2.59. The van der Waals surface area contributed by atoms with Crippen LogP contribution in [0, 0.1) is 0 Å². The summed E-state index contributed by atoms with van der Waals surface area (Å²) in [6.07, 6.45) is 2.83. The van der Waals surface area contributed by atoms with E-state index >= 15 is 0 Å². The van der Waals surface area contributed by atoms with Gasteiger partial charge in [-0.2, -0.15) is 0 Å². The van der Waals surface area contributed by atoms with Crippen LogP contribution in [0.2, 0.25) is 0 Å². The summed E-state index contributed by atoms with van der Waals surface area (Å²) in [7, 11) is 0. The second-order valence-corrected chi connectivity index (χ2v) is 4.23. The molecule has 0 aliphatic heterocycles. The summed E-state index contributed by atoms with van der Waals surface area (Å²) in [4.78, 5) is 11.7. The lowest BCUT2D eigenvalue weighted by Gasteiger charge is -2.14. The van der Waals surface area contributed by atoms with Gasteiger partial charge in [0.25, 0.3) is 0 Å². The minimum Gasteiger partial charge on any atom is -0.352 e. The predicted molar refractivity (Wildman–Crippen MR) is 64.9 cm³/mol. The first-order valence-corrected chi connectivity index (χ1v) is 5.74. The number of nitrogens with two attached hydrogens (primary N) is 1. The number of carbonyl (C=O) groups is 1. The van der Waals surface area contributed by atoms with Crippen molar-refractivity contribution in [2.24, 2.45) is 5.73 Å². The zero-order chi connectivity index (χ0) is 12.1. The Morgan fingerprint density at radius 3 is 2.81 bits per heavy atom. The van der Waals surface area contributed by atoms with Gasteiger partial charge < -0.3 is 15.6 Å². The maximum atomic E-state index is 11.7. The summed E-state index contributed by atoms with van der Waals surface area (Å²) < 4.78 is 1.89. The second-order valence-electron chi connectivity index (χ2n) is 4.23. The van der Waals surface area contributed by atoms with Crippen LogP contribution in [-0.4, -0.2) is 16.5 Å². The molecule has 90 valence electrons. The molecule has 2 atom stereocenters. The number of aromatic nitrogens is 1. The number of hydrogen-bond donors (Lipinski definition) is 2. The predicted octanol–water partition coefficient (Wildman–Crippen LogP) is 1.42. The molecule has 4 heteroatoms. The largest absolute Gasteiger partial charge is 0.352 e. The van der Waals surface area contributed by atoms with Gasteiger partial charge in [0.15, 0.2) is 0 Å². The minimum atomic E-state index is -0.0496. The third-order valence-corrected chi connectivity index (χ3v) is 2.66. The van der Waals surface area contributed by atoms with Crippen LogP contribution in [0.4, 0.5) is 0 Å². The van der Waals surface area contributed by atoms with Gasteiger partial charge in [-0.15, -0.1) is 0 Å². The summed E-state index contributed by atoms with van der Waals surface area (Å²) in [5, 5.41) is 2.93. The van der Waals surface area contributed by atoms with Crippen LogP contribution >= 0.6 is 0 Å². The van der Waals surface area contributed by atoms with Gasteiger partial charge in [-0.25, -0.2) is 0 Å². The Morgan fingerprint density at radius 1 is 1.56 bits per heavy atom. The van der Waals surface area contributed by atoms with E-state index in [0.29, 0.717) is 6.54 Å². The lowest BCUT2D eigenvalue weighted by Crippen LogP contribution is -2.35. The lowest BCUT2D eigenvalue weighted by atomic mass is 10.2. The number of hydrogen-bond acceptors (Lipinski definition) is 2. The molecule has 0 bridgehead atoms. The van der Waals surface area contributed by atoms with Crippen LogP contribution in [0.3, 0.4) is 0 Å². The van der Waals surface area contributed by atoms with Gasteiger partial charge >= 0.3 is 0 Å². The molecule has 0 aliphatic carbocycles. The third kappa shape index (κ3) is 3.38. The first kappa shape index (κ1) is 12.8. The molecule has 2 unspecified atom stereocenters. The fourth-order valence-electron chi connectivity index (χ4n) is 1.56. The Hall–Kier alpha value is -1.29. The molecule has 0 aliphatic rings. The van der Waals surface area contributed by atoms with Gasteiger partial charge in [0, 0.05) is 24.0 Å². The van der Waals surface area contributed by atoms with Gasteiger partial charge in [-0.3, -0.25) is 4.79 Å². The van der Waals surface area contributed by atoms with Crippen molar-refractivity contribution in [2.45, 2.75) is 45.8 Å². The maximum absolute atomic E-state index is 11.7. The van der Waals surface area contributed by atoms with E-state index in [1.54, 1.807) is 0 Å². The van der Waals surface area contributed by atoms with Crippen molar-refractivity contribution in [2.75, 3.05) is 0 Å². The van der Waals surface area contributed by atoms with E-state index in [9.17, 15) is 4.79 Å². The van der Waals surface area contributed by atoms with Crippen LogP contribution < -0.4 is 11.1 Å². The summed E-state index contributed by atoms with van der Waals surface area (Å²) in [6.45, 7) is 6.31. The molecular weight excluding hydrogens is 202 g/mol. The molecule has 16 heavy (non-hydrogen) atoms. The average Bonchev–Trinajstić information content (AvgIpc) is 2.65. The molecule has 0 spiro atoms. The summed E-state index contributed by atoms with van der Waals surface area (Å²) in [5.41, 5.74) is 6.80. The van der Waals surface area contributed by atoms with Crippen molar-refractivity contribution < 1.29 is 4.79 Å². The van der Waals surface area contributed by atoms with Crippen molar-refractivity contribution in [1.82, 2.24) is 9.88 Å². The van der Waals surface area contributed by atoms with E-state index in [4.69, 9.17) is 5.73 Å². The molecule has 0 fully saturated rings. The Labute approximate surface area is 96.8 Å². The molecule has 1 amide bonds. The average molecular weight is 223 g/mol. The molecule has 0 saturated carbocycles. The molecule has 0 aromatic carbocycles. The van der Waals surface area contributed by atoms with Crippen molar-refractivity contribution >= 4 is 5.91 Å². The summed E-state index contributed by atoms with van der Waals surface area (Å²) in [5.74, 6) is 0.0347.